The van der Waals surface area contributed by atoms with E-state index in [4.69, 9.17) is 5.73 Å². The number of hydrogen-bond acceptors (Lipinski definition) is 6. The van der Waals surface area contributed by atoms with Crippen molar-refractivity contribution in [2.45, 2.75) is 77.5 Å². The van der Waals surface area contributed by atoms with Gasteiger partial charge in [-0.2, -0.15) is 0 Å². The Kier molecular flexibility index (Phi) is 12.6. The summed E-state index contributed by atoms with van der Waals surface area (Å²) >= 11 is 0. The number of aliphatic carboxylic acids is 1. The smallest absolute Gasteiger partial charge is 0.326 e. The fourth-order valence-electron chi connectivity index (χ4n) is 4.24. The summed E-state index contributed by atoms with van der Waals surface area (Å²) in [5.74, 6) is -3.02. The second kappa shape index (κ2) is 15.6. The minimum Gasteiger partial charge on any atom is -0.508 e. The molecule has 218 valence electrons. The second-order valence-corrected chi connectivity index (χ2v) is 10.6. The van der Waals surface area contributed by atoms with Crippen LogP contribution in [0.4, 0.5) is 0 Å². The molecule has 2 aromatic carbocycles. The summed E-state index contributed by atoms with van der Waals surface area (Å²) in [7, 11) is 0. The van der Waals surface area contributed by atoms with Gasteiger partial charge in [0, 0.05) is 12.8 Å². The SMILES string of the molecule is CCC(C)C(NC(=O)C(Cc1ccc(O)cc1)NC(=O)C(N)CC(C)C)C(=O)NC(Cc1ccccc1)C(=O)O. The highest BCUT2D eigenvalue weighted by Gasteiger charge is 2.33. The Balaban J connectivity index is 2.25. The van der Waals surface area contributed by atoms with Crippen molar-refractivity contribution >= 4 is 23.7 Å². The van der Waals surface area contributed by atoms with Gasteiger partial charge in [-0.1, -0.05) is 76.6 Å². The van der Waals surface area contributed by atoms with Gasteiger partial charge < -0.3 is 31.9 Å². The highest BCUT2D eigenvalue weighted by molar-refractivity contribution is 5.94. The number of nitrogens with two attached hydrogens (primary N) is 1. The van der Waals surface area contributed by atoms with Gasteiger partial charge in [0.25, 0.3) is 0 Å². The van der Waals surface area contributed by atoms with Crippen molar-refractivity contribution in [1.29, 1.82) is 0 Å². The van der Waals surface area contributed by atoms with Crippen molar-refractivity contribution in [3.63, 3.8) is 0 Å². The van der Waals surface area contributed by atoms with Gasteiger partial charge in [0.15, 0.2) is 0 Å². The molecule has 10 nitrogen and oxygen atoms in total. The van der Waals surface area contributed by atoms with Crippen molar-refractivity contribution in [2.75, 3.05) is 0 Å². The van der Waals surface area contributed by atoms with E-state index in [1.807, 2.05) is 26.8 Å². The van der Waals surface area contributed by atoms with E-state index in [0.29, 0.717) is 18.4 Å². The molecule has 3 amide bonds. The van der Waals surface area contributed by atoms with Gasteiger partial charge in [0.1, 0.15) is 23.9 Å². The second-order valence-electron chi connectivity index (χ2n) is 10.6. The lowest BCUT2D eigenvalue weighted by Crippen LogP contribution is -2.59. The lowest BCUT2D eigenvalue weighted by Gasteiger charge is -2.28. The van der Waals surface area contributed by atoms with Crippen molar-refractivity contribution in [3.8, 4) is 5.75 Å². The Labute approximate surface area is 235 Å². The molecule has 0 fully saturated rings. The summed E-state index contributed by atoms with van der Waals surface area (Å²) in [6.07, 6.45) is 1.13. The van der Waals surface area contributed by atoms with Crippen molar-refractivity contribution in [3.05, 3.63) is 65.7 Å². The minimum atomic E-state index is -1.19. The molecular weight excluding hydrogens is 512 g/mol. The molecule has 5 unspecified atom stereocenters. The van der Waals surface area contributed by atoms with Crippen molar-refractivity contribution < 1.29 is 29.4 Å². The first-order valence-corrected chi connectivity index (χ1v) is 13.6. The molecule has 0 spiro atoms. The van der Waals surface area contributed by atoms with Gasteiger partial charge in [-0.15, -0.1) is 0 Å². The average Bonchev–Trinajstić information content (AvgIpc) is 2.91. The summed E-state index contributed by atoms with van der Waals surface area (Å²) in [5, 5.41) is 27.4. The quantitative estimate of drug-likeness (QED) is 0.196. The highest BCUT2D eigenvalue weighted by atomic mass is 16.4. The maximum atomic E-state index is 13.5. The van der Waals surface area contributed by atoms with E-state index in [9.17, 15) is 29.4 Å². The van der Waals surface area contributed by atoms with Crippen LogP contribution < -0.4 is 21.7 Å². The molecule has 40 heavy (non-hydrogen) atoms. The van der Waals surface area contributed by atoms with Crippen LogP contribution in [0.1, 0.15) is 51.7 Å². The van der Waals surface area contributed by atoms with Gasteiger partial charge in [-0.25, -0.2) is 4.79 Å². The van der Waals surface area contributed by atoms with Gasteiger partial charge >= 0.3 is 5.97 Å². The molecule has 7 N–H and O–H groups in total. The molecule has 0 saturated heterocycles. The first-order chi connectivity index (χ1) is 18.9. The van der Waals surface area contributed by atoms with E-state index in [1.54, 1.807) is 43.3 Å². The van der Waals surface area contributed by atoms with Crippen LogP contribution in [-0.2, 0) is 32.0 Å². The maximum absolute atomic E-state index is 13.5. The predicted octanol–water partition coefficient (Wildman–Crippen LogP) is 2.14. The average molecular weight is 555 g/mol. The Morgan fingerprint density at radius 3 is 1.88 bits per heavy atom. The third-order valence-corrected chi connectivity index (χ3v) is 6.76. The van der Waals surface area contributed by atoms with Gasteiger partial charge in [-0.3, -0.25) is 14.4 Å². The van der Waals surface area contributed by atoms with Crippen LogP contribution in [0.15, 0.2) is 54.6 Å². The molecule has 0 bridgehead atoms. The molecule has 2 aromatic rings. The lowest BCUT2D eigenvalue weighted by atomic mass is 9.96. The maximum Gasteiger partial charge on any atom is 0.326 e. The van der Waals surface area contributed by atoms with Crippen LogP contribution in [0.3, 0.4) is 0 Å². The number of phenols is 1. The zero-order valence-electron chi connectivity index (χ0n) is 23.6. The van der Waals surface area contributed by atoms with Gasteiger partial charge in [0.05, 0.1) is 6.04 Å². The molecule has 10 heteroatoms. The number of aromatic hydroxyl groups is 1. The van der Waals surface area contributed by atoms with Gasteiger partial charge in [-0.05, 0) is 41.5 Å². The van der Waals surface area contributed by atoms with E-state index < -0.39 is 47.9 Å². The molecule has 0 heterocycles. The number of benzene rings is 2. The summed E-state index contributed by atoms with van der Waals surface area (Å²) < 4.78 is 0. The zero-order valence-corrected chi connectivity index (χ0v) is 23.6. The Hall–Kier alpha value is -3.92. The molecule has 2 rings (SSSR count). The topological polar surface area (TPSA) is 171 Å². The van der Waals surface area contributed by atoms with E-state index in [1.165, 1.54) is 12.1 Å². The number of phenolic OH excluding ortho intramolecular Hbond substituents is 1. The molecular formula is C30H42N4O6. The largest absolute Gasteiger partial charge is 0.508 e. The third kappa shape index (κ3) is 10.3. The fraction of sp³-hybridized carbons (Fsp3) is 0.467. The van der Waals surface area contributed by atoms with Crippen molar-refractivity contribution in [1.82, 2.24) is 16.0 Å². The first-order valence-electron chi connectivity index (χ1n) is 13.6. The molecule has 0 radical (unpaired) electrons. The first kappa shape index (κ1) is 32.3. The number of carboxylic acid groups (broad SMARTS) is 1. The van der Waals surface area contributed by atoms with Crippen LogP contribution in [0.2, 0.25) is 0 Å². The molecule has 0 aliphatic carbocycles. The van der Waals surface area contributed by atoms with Gasteiger partial charge in [0.2, 0.25) is 17.7 Å². The van der Waals surface area contributed by atoms with E-state index in [0.717, 1.165) is 5.56 Å². The van der Waals surface area contributed by atoms with Crippen molar-refractivity contribution in [2.24, 2.45) is 17.6 Å². The highest BCUT2D eigenvalue weighted by Crippen LogP contribution is 2.14. The molecule has 0 aliphatic heterocycles. The molecule has 5 atom stereocenters. The number of carboxylic acids is 1. The number of carbonyl (C=O) groups is 4. The lowest BCUT2D eigenvalue weighted by molar-refractivity contribution is -0.142. The summed E-state index contributed by atoms with van der Waals surface area (Å²) in [6, 6.07) is 11.0. The van der Waals surface area contributed by atoms with E-state index in [2.05, 4.69) is 16.0 Å². The predicted molar refractivity (Wildman–Crippen MR) is 152 cm³/mol. The van der Waals surface area contributed by atoms with E-state index in [-0.39, 0.29) is 30.4 Å². The summed E-state index contributed by atoms with van der Waals surface area (Å²) in [5.41, 5.74) is 7.47. The summed E-state index contributed by atoms with van der Waals surface area (Å²) in [4.78, 5) is 51.6. The third-order valence-electron chi connectivity index (χ3n) is 6.76. The molecule has 0 aliphatic rings. The standard InChI is InChI=1S/C30H42N4O6/c1-5-19(4)26(29(38)33-25(30(39)40)17-20-9-7-6-8-10-20)34-28(37)24(16-21-11-13-22(35)14-12-21)32-27(36)23(31)15-18(2)3/h6-14,18-19,23-26,35H,5,15-17,31H2,1-4H3,(H,32,36)(H,33,38)(H,34,37)(H,39,40). The Bertz CT molecular complexity index is 1120. The summed E-state index contributed by atoms with van der Waals surface area (Å²) in [6.45, 7) is 7.51. The number of amides is 3. The minimum absolute atomic E-state index is 0.0599. The number of carbonyl (C=O) groups excluding carboxylic acids is 3. The van der Waals surface area contributed by atoms with Crippen LogP contribution in [-0.4, -0.2) is 58.1 Å². The monoisotopic (exact) mass is 554 g/mol. The van der Waals surface area contributed by atoms with Crippen LogP contribution in [0.5, 0.6) is 5.75 Å². The Morgan fingerprint density at radius 2 is 1.32 bits per heavy atom. The molecule has 0 aromatic heterocycles. The normalized spacial score (nSPS) is 14.8. The van der Waals surface area contributed by atoms with Crippen LogP contribution >= 0.6 is 0 Å². The van der Waals surface area contributed by atoms with E-state index >= 15 is 0 Å². The molecule has 0 saturated carbocycles. The number of nitrogens with one attached hydrogen (secondary N) is 3. The Morgan fingerprint density at radius 1 is 0.775 bits per heavy atom. The fourth-order valence-corrected chi connectivity index (χ4v) is 4.24. The number of rotatable bonds is 15. The van der Waals surface area contributed by atoms with Crippen LogP contribution in [0, 0.1) is 11.8 Å². The zero-order chi connectivity index (χ0) is 29.8. The number of hydrogen-bond donors (Lipinski definition) is 6. The van der Waals surface area contributed by atoms with Crippen LogP contribution in [0.25, 0.3) is 0 Å².